The number of phenolic OH excluding ortho intramolecular Hbond substituents is 1. The summed E-state index contributed by atoms with van der Waals surface area (Å²) in [6.45, 7) is 5.61. The van der Waals surface area contributed by atoms with Gasteiger partial charge in [-0.1, -0.05) is 25.4 Å². The highest BCUT2D eigenvalue weighted by Gasteiger charge is 2.24. The minimum Gasteiger partial charge on any atom is -0.508 e. The van der Waals surface area contributed by atoms with Crippen LogP contribution in [0.25, 0.3) is 0 Å². The smallest absolute Gasteiger partial charge is 0.120 e. The van der Waals surface area contributed by atoms with Crippen molar-refractivity contribution >= 4 is 11.6 Å². The number of hydrogen-bond donors (Lipinski definition) is 3. The first-order chi connectivity index (χ1) is 8.56. The standard InChI is InChI=1S/C14H22ClNO2/c1-3-14(4-2,10-17)9-16-8-11-7-12(15)5-6-13(11)18/h5-7,16-18H,3-4,8-10H2,1-2H3. The van der Waals surface area contributed by atoms with Gasteiger partial charge in [-0.15, -0.1) is 0 Å². The number of aliphatic hydroxyl groups excluding tert-OH is 1. The average molecular weight is 272 g/mol. The minimum atomic E-state index is -0.0752. The van der Waals surface area contributed by atoms with E-state index in [4.69, 9.17) is 11.6 Å². The van der Waals surface area contributed by atoms with Gasteiger partial charge in [-0.05, 0) is 31.0 Å². The van der Waals surface area contributed by atoms with Crippen LogP contribution >= 0.6 is 11.6 Å². The van der Waals surface area contributed by atoms with Gasteiger partial charge < -0.3 is 15.5 Å². The van der Waals surface area contributed by atoms with Gasteiger partial charge in [0.1, 0.15) is 5.75 Å². The van der Waals surface area contributed by atoms with Crippen molar-refractivity contribution in [2.75, 3.05) is 13.2 Å². The molecule has 0 aliphatic heterocycles. The summed E-state index contributed by atoms with van der Waals surface area (Å²) in [5.74, 6) is 0.245. The van der Waals surface area contributed by atoms with Gasteiger partial charge in [-0.25, -0.2) is 0 Å². The second-order valence-electron chi connectivity index (χ2n) is 4.74. The van der Waals surface area contributed by atoms with Crippen molar-refractivity contribution in [1.29, 1.82) is 0 Å². The second kappa shape index (κ2) is 6.98. The molecule has 0 heterocycles. The number of rotatable bonds is 7. The molecule has 3 N–H and O–H groups in total. The van der Waals surface area contributed by atoms with Gasteiger partial charge in [0, 0.05) is 35.7 Å². The number of aromatic hydroxyl groups is 1. The van der Waals surface area contributed by atoms with Crippen LogP contribution in [-0.4, -0.2) is 23.4 Å². The molecule has 1 aromatic carbocycles. The zero-order chi connectivity index (χ0) is 13.6. The fourth-order valence-electron chi connectivity index (χ4n) is 1.94. The number of aliphatic hydroxyl groups is 1. The molecule has 0 unspecified atom stereocenters. The average Bonchev–Trinajstić information content (AvgIpc) is 2.39. The van der Waals surface area contributed by atoms with E-state index in [0.717, 1.165) is 24.9 Å². The number of phenols is 1. The van der Waals surface area contributed by atoms with Crippen LogP contribution in [0, 0.1) is 5.41 Å². The van der Waals surface area contributed by atoms with Crippen molar-refractivity contribution in [2.24, 2.45) is 5.41 Å². The monoisotopic (exact) mass is 271 g/mol. The van der Waals surface area contributed by atoms with Gasteiger partial charge in [0.05, 0.1) is 0 Å². The van der Waals surface area contributed by atoms with E-state index in [0.29, 0.717) is 11.6 Å². The Hall–Kier alpha value is -0.770. The highest BCUT2D eigenvalue weighted by Crippen LogP contribution is 2.25. The summed E-state index contributed by atoms with van der Waals surface area (Å²) < 4.78 is 0. The fraction of sp³-hybridized carbons (Fsp3) is 0.571. The third-order valence-electron chi connectivity index (χ3n) is 3.69. The molecule has 0 amide bonds. The molecule has 0 fully saturated rings. The van der Waals surface area contributed by atoms with Crippen LogP contribution in [0.1, 0.15) is 32.3 Å². The van der Waals surface area contributed by atoms with Crippen molar-refractivity contribution in [3.63, 3.8) is 0 Å². The lowest BCUT2D eigenvalue weighted by Gasteiger charge is -2.29. The molecule has 0 aromatic heterocycles. The normalized spacial score (nSPS) is 11.8. The lowest BCUT2D eigenvalue weighted by Crippen LogP contribution is -2.36. The first-order valence-electron chi connectivity index (χ1n) is 6.36. The Kier molecular flexibility index (Phi) is 5.93. The lowest BCUT2D eigenvalue weighted by molar-refractivity contribution is 0.113. The first-order valence-corrected chi connectivity index (χ1v) is 6.73. The molecule has 102 valence electrons. The van der Waals surface area contributed by atoms with Crippen LogP contribution in [0.5, 0.6) is 5.75 Å². The Morgan fingerprint density at radius 1 is 1.28 bits per heavy atom. The molecule has 4 heteroatoms. The van der Waals surface area contributed by atoms with Crippen molar-refractivity contribution in [3.05, 3.63) is 28.8 Å². The van der Waals surface area contributed by atoms with Crippen LogP contribution < -0.4 is 5.32 Å². The van der Waals surface area contributed by atoms with Crippen molar-refractivity contribution < 1.29 is 10.2 Å². The third-order valence-corrected chi connectivity index (χ3v) is 3.93. The lowest BCUT2D eigenvalue weighted by atomic mass is 9.83. The van der Waals surface area contributed by atoms with E-state index < -0.39 is 0 Å². The maximum Gasteiger partial charge on any atom is 0.120 e. The summed E-state index contributed by atoms with van der Waals surface area (Å²) in [5.41, 5.74) is 0.704. The molecule has 0 aliphatic rings. The molecule has 0 saturated carbocycles. The third kappa shape index (κ3) is 3.87. The van der Waals surface area contributed by atoms with Crippen molar-refractivity contribution in [1.82, 2.24) is 5.32 Å². The van der Waals surface area contributed by atoms with Crippen LogP contribution in [0.15, 0.2) is 18.2 Å². The van der Waals surface area contributed by atoms with E-state index >= 15 is 0 Å². The van der Waals surface area contributed by atoms with Gasteiger partial charge in [0.15, 0.2) is 0 Å². The fourth-order valence-corrected chi connectivity index (χ4v) is 2.13. The van der Waals surface area contributed by atoms with Crippen LogP contribution in [0.3, 0.4) is 0 Å². The van der Waals surface area contributed by atoms with Gasteiger partial charge >= 0.3 is 0 Å². The molecule has 0 spiro atoms. The Labute approximate surface area is 114 Å². The Balaban J connectivity index is 2.57. The zero-order valence-electron chi connectivity index (χ0n) is 11.0. The molecular formula is C14H22ClNO2. The largest absolute Gasteiger partial charge is 0.508 e. The minimum absolute atomic E-state index is 0.0752. The topological polar surface area (TPSA) is 52.5 Å². The van der Waals surface area contributed by atoms with Gasteiger partial charge in [-0.3, -0.25) is 0 Å². The van der Waals surface area contributed by atoms with E-state index in [-0.39, 0.29) is 17.8 Å². The summed E-state index contributed by atoms with van der Waals surface area (Å²) in [6.07, 6.45) is 1.85. The van der Waals surface area contributed by atoms with Crippen LogP contribution in [0.2, 0.25) is 5.02 Å². The predicted octanol–water partition coefficient (Wildman–Crippen LogP) is 2.93. The highest BCUT2D eigenvalue weighted by molar-refractivity contribution is 6.30. The Morgan fingerprint density at radius 2 is 1.94 bits per heavy atom. The second-order valence-corrected chi connectivity index (χ2v) is 5.18. The summed E-state index contributed by atoms with van der Waals surface area (Å²) >= 11 is 5.89. The van der Waals surface area contributed by atoms with E-state index in [1.807, 2.05) is 0 Å². The van der Waals surface area contributed by atoms with E-state index in [9.17, 15) is 10.2 Å². The van der Waals surface area contributed by atoms with E-state index in [2.05, 4.69) is 19.2 Å². The first kappa shape index (κ1) is 15.3. The van der Waals surface area contributed by atoms with Crippen LogP contribution in [0.4, 0.5) is 0 Å². The quantitative estimate of drug-likeness (QED) is 0.715. The highest BCUT2D eigenvalue weighted by atomic mass is 35.5. The van der Waals surface area contributed by atoms with Gasteiger partial charge in [0.25, 0.3) is 0 Å². The number of benzene rings is 1. The Bertz CT molecular complexity index is 370. The number of halogens is 1. The molecule has 3 nitrogen and oxygen atoms in total. The molecule has 0 bridgehead atoms. The molecule has 1 aromatic rings. The Morgan fingerprint density at radius 3 is 2.50 bits per heavy atom. The molecule has 18 heavy (non-hydrogen) atoms. The van der Waals surface area contributed by atoms with Crippen molar-refractivity contribution in [2.45, 2.75) is 33.2 Å². The van der Waals surface area contributed by atoms with Crippen molar-refractivity contribution in [3.8, 4) is 5.75 Å². The van der Waals surface area contributed by atoms with E-state index in [1.165, 1.54) is 0 Å². The molecule has 0 atom stereocenters. The molecular weight excluding hydrogens is 250 g/mol. The summed E-state index contributed by atoms with van der Waals surface area (Å²) in [4.78, 5) is 0. The molecule has 0 radical (unpaired) electrons. The maximum atomic E-state index is 9.69. The maximum absolute atomic E-state index is 9.69. The predicted molar refractivity (Wildman–Crippen MR) is 74.9 cm³/mol. The van der Waals surface area contributed by atoms with Crippen LogP contribution in [-0.2, 0) is 6.54 Å². The zero-order valence-corrected chi connectivity index (χ0v) is 11.8. The molecule has 0 aliphatic carbocycles. The van der Waals surface area contributed by atoms with E-state index in [1.54, 1.807) is 18.2 Å². The molecule has 1 rings (SSSR count). The molecule has 0 saturated heterocycles. The van der Waals surface area contributed by atoms with Gasteiger partial charge in [-0.2, -0.15) is 0 Å². The van der Waals surface area contributed by atoms with Gasteiger partial charge in [0.2, 0.25) is 0 Å². The number of nitrogens with one attached hydrogen (secondary N) is 1. The SMILES string of the molecule is CCC(CC)(CO)CNCc1cc(Cl)ccc1O. The summed E-state index contributed by atoms with van der Waals surface area (Å²) in [6, 6.07) is 5.01. The number of hydrogen-bond acceptors (Lipinski definition) is 3. The summed E-state index contributed by atoms with van der Waals surface area (Å²) in [5, 5.41) is 23.0. The summed E-state index contributed by atoms with van der Waals surface area (Å²) in [7, 11) is 0.